The van der Waals surface area contributed by atoms with E-state index >= 15 is 0 Å². The van der Waals surface area contributed by atoms with Crippen molar-refractivity contribution in [3.8, 4) is 0 Å². The van der Waals surface area contributed by atoms with Crippen LogP contribution in [0.2, 0.25) is 0 Å². The lowest BCUT2D eigenvalue weighted by molar-refractivity contribution is 0.147. The van der Waals surface area contributed by atoms with Crippen LogP contribution in [-0.2, 0) is 6.42 Å². The molecular formula is C11H14F2O. The molecule has 78 valence electrons. The van der Waals surface area contributed by atoms with Gasteiger partial charge in [0, 0.05) is 5.56 Å². The van der Waals surface area contributed by atoms with Crippen molar-refractivity contribution in [2.45, 2.75) is 32.8 Å². The number of aliphatic hydroxyl groups is 1. The first-order chi connectivity index (χ1) is 6.50. The number of benzene rings is 1. The maximum Gasteiger partial charge on any atom is 0.264 e. The molecule has 0 saturated carbocycles. The minimum Gasteiger partial charge on any atom is -0.393 e. The molecule has 1 N–H and O–H groups in total. The van der Waals surface area contributed by atoms with Crippen molar-refractivity contribution in [2.75, 3.05) is 0 Å². The average Bonchev–Trinajstić information content (AvgIpc) is 2.01. The molecule has 0 spiro atoms. The second kappa shape index (κ2) is 4.51. The fraction of sp³-hybridized carbons (Fsp3) is 0.455. The van der Waals surface area contributed by atoms with Crippen molar-refractivity contribution in [3.63, 3.8) is 0 Å². The minimum absolute atomic E-state index is 0.0245. The van der Waals surface area contributed by atoms with Gasteiger partial charge in [0.2, 0.25) is 0 Å². The van der Waals surface area contributed by atoms with E-state index in [-0.39, 0.29) is 12.0 Å². The van der Waals surface area contributed by atoms with Crippen LogP contribution in [0, 0.1) is 6.92 Å². The summed E-state index contributed by atoms with van der Waals surface area (Å²) in [7, 11) is 0. The molecule has 14 heavy (non-hydrogen) atoms. The first-order valence-electron chi connectivity index (χ1n) is 4.56. The summed E-state index contributed by atoms with van der Waals surface area (Å²) in [6, 6.07) is 4.79. The van der Waals surface area contributed by atoms with E-state index in [2.05, 4.69) is 0 Å². The van der Waals surface area contributed by atoms with E-state index in [4.69, 9.17) is 5.11 Å². The summed E-state index contributed by atoms with van der Waals surface area (Å²) in [6.45, 7) is 3.44. The van der Waals surface area contributed by atoms with Gasteiger partial charge in [-0.1, -0.05) is 23.8 Å². The van der Waals surface area contributed by atoms with Crippen molar-refractivity contribution < 1.29 is 13.9 Å². The number of hydrogen-bond donors (Lipinski definition) is 1. The Morgan fingerprint density at radius 2 is 2.00 bits per heavy atom. The SMILES string of the molecule is Cc1ccc(C(F)F)c(CC(C)O)c1. The molecule has 1 aromatic carbocycles. The fourth-order valence-corrected chi connectivity index (χ4v) is 1.44. The van der Waals surface area contributed by atoms with Crippen LogP contribution < -0.4 is 0 Å². The molecule has 0 aliphatic carbocycles. The van der Waals surface area contributed by atoms with Crippen molar-refractivity contribution in [3.05, 3.63) is 34.9 Å². The van der Waals surface area contributed by atoms with Crippen molar-refractivity contribution in [1.82, 2.24) is 0 Å². The van der Waals surface area contributed by atoms with Crippen LogP contribution in [0.5, 0.6) is 0 Å². The highest BCUT2D eigenvalue weighted by molar-refractivity contribution is 5.32. The summed E-state index contributed by atoms with van der Waals surface area (Å²) in [5.41, 5.74) is 1.50. The largest absolute Gasteiger partial charge is 0.393 e. The number of hydrogen-bond acceptors (Lipinski definition) is 1. The maximum atomic E-state index is 12.5. The lowest BCUT2D eigenvalue weighted by Crippen LogP contribution is -2.07. The molecule has 0 amide bonds. The molecule has 1 nitrogen and oxygen atoms in total. The third-order valence-corrected chi connectivity index (χ3v) is 2.05. The van der Waals surface area contributed by atoms with Gasteiger partial charge in [-0.15, -0.1) is 0 Å². The topological polar surface area (TPSA) is 20.2 Å². The molecule has 0 aliphatic heterocycles. The van der Waals surface area contributed by atoms with Gasteiger partial charge in [-0.2, -0.15) is 0 Å². The van der Waals surface area contributed by atoms with Crippen LogP contribution in [0.15, 0.2) is 18.2 Å². The number of halogens is 2. The molecule has 0 aromatic heterocycles. The molecule has 1 aromatic rings. The zero-order valence-electron chi connectivity index (χ0n) is 8.30. The second-order valence-corrected chi connectivity index (χ2v) is 3.56. The minimum atomic E-state index is -2.47. The van der Waals surface area contributed by atoms with Crippen LogP contribution in [-0.4, -0.2) is 11.2 Å². The Morgan fingerprint density at radius 3 is 2.50 bits per heavy atom. The van der Waals surface area contributed by atoms with E-state index in [1.165, 1.54) is 6.07 Å². The molecular weight excluding hydrogens is 186 g/mol. The predicted molar refractivity (Wildman–Crippen MR) is 51.5 cm³/mol. The van der Waals surface area contributed by atoms with Gasteiger partial charge >= 0.3 is 0 Å². The third kappa shape index (κ3) is 2.77. The van der Waals surface area contributed by atoms with Crippen LogP contribution in [0.1, 0.15) is 30.0 Å². The van der Waals surface area contributed by atoms with Gasteiger partial charge in [0.05, 0.1) is 6.10 Å². The molecule has 1 rings (SSSR count). The number of aliphatic hydroxyl groups excluding tert-OH is 1. The van der Waals surface area contributed by atoms with Crippen molar-refractivity contribution in [1.29, 1.82) is 0 Å². The van der Waals surface area contributed by atoms with E-state index in [1.54, 1.807) is 19.1 Å². The van der Waals surface area contributed by atoms with E-state index in [0.717, 1.165) is 5.56 Å². The van der Waals surface area contributed by atoms with Gasteiger partial charge in [-0.3, -0.25) is 0 Å². The van der Waals surface area contributed by atoms with Gasteiger partial charge in [0.25, 0.3) is 6.43 Å². The second-order valence-electron chi connectivity index (χ2n) is 3.56. The summed E-state index contributed by atoms with van der Waals surface area (Å²) >= 11 is 0. The number of alkyl halides is 2. The summed E-state index contributed by atoms with van der Waals surface area (Å²) in [4.78, 5) is 0. The molecule has 0 radical (unpaired) electrons. The van der Waals surface area contributed by atoms with E-state index in [0.29, 0.717) is 5.56 Å². The van der Waals surface area contributed by atoms with Gasteiger partial charge in [-0.25, -0.2) is 8.78 Å². The Balaban J connectivity index is 3.03. The van der Waals surface area contributed by atoms with Crippen LogP contribution in [0.3, 0.4) is 0 Å². The van der Waals surface area contributed by atoms with Gasteiger partial charge in [0.1, 0.15) is 0 Å². The third-order valence-electron chi connectivity index (χ3n) is 2.05. The summed E-state index contributed by atoms with van der Waals surface area (Å²) in [5, 5.41) is 9.16. The first kappa shape index (κ1) is 11.1. The van der Waals surface area contributed by atoms with Crippen LogP contribution in [0.25, 0.3) is 0 Å². The zero-order valence-corrected chi connectivity index (χ0v) is 8.30. The van der Waals surface area contributed by atoms with E-state index < -0.39 is 12.5 Å². The first-order valence-corrected chi connectivity index (χ1v) is 4.56. The summed E-state index contributed by atoms with van der Waals surface area (Å²) in [6.07, 6.45) is -2.78. The molecule has 0 saturated heterocycles. The fourth-order valence-electron chi connectivity index (χ4n) is 1.44. The molecule has 0 aliphatic rings. The summed E-state index contributed by atoms with van der Waals surface area (Å²) in [5.74, 6) is 0. The Labute approximate surface area is 82.4 Å². The molecule has 0 heterocycles. The monoisotopic (exact) mass is 200 g/mol. The highest BCUT2D eigenvalue weighted by Gasteiger charge is 2.13. The van der Waals surface area contributed by atoms with Gasteiger partial charge in [0.15, 0.2) is 0 Å². The number of aryl methyl sites for hydroxylation is 1. The average molecular weight is 200 g/mol. The highest BCUT2D eigenvalue weighted by atomic mass is 19.3. The standard InChI is InChI=1S/C11H14F2O/c1-7-3-4-10(11(12)13)9(5-7)6-8(2)14/h3-5,8,11,14H,6H2,1-2H3. The number of rotatable bonds is 3. The maximum absolute atomic E-state index is 12.5. The van der Waals surface area contributed by atoms with E-state index in [9.17, 15) is 8.78 Å². The Hall–Kier alpha value is -0.960. The molecule has 1 atom stereocenters. The quantitative estimate of drug-likeness (QED) is 0.795. The van der Waals surface area contributed by atoms with E-state index in [1.807, 2.05) is 6.92 Å². The zero-order chi connectivity index (χ0) is 10.7. The van der Waals surface area contributed by atoms with Gasteiger partial charge < -0.3 is 5.11 Å². The Morgan fingerprint density at radius 1 is 1.36 bits per heavy atom. The normalized spacial score (nSPS) is 13.3. The van der Waals surface area contributed by atoms with Gasteiger partial charge in [-0.05, 0) is 25.8 Å². The lowest BCUT2D eigenvalue weighted by atomic mass is 10.00. The Kier molecular flexibility index (Phi) is 3.58. The van der Waals surface area contributed by atoms with Crippen molar-refractivity contribution in [2.24, 2.45) is 0 Å². The molecule has 0 fully saturated rings. The van der Waals surface area contributed by atoms with Crippen LogP contribution >= 0.6 is 0 Å². The molecule has 1 unspecified atom stereocenters. The smallest absolute Gasteiger partial charge is 0.264 e. The Bertz CT molecular complexity index is 308. The molecule has 3 heteroatoms. The highest BCUT2D eigenvalue weighted by Crippen LogP contribution is 2.24. The van der Waals surface area contributed by atoms with Crippen LogP contribution in [0.4, 0.5) is 8.78 Å². The lowest BCUT2D eigenvalue weighted by Gasteiger charge is -2.11. The predicted octanol–water partition coefficient (Wildman–Crippen LogP) is 2.86. The summed E-state index contributed by atoms with van der Waals surface area (Å²) < 4.78 is 25.1. The molecule has 0 bridgehead atoms. The van der Waals surface area contributed by atoms with Crippen molar-refractivity contribution >= 4 is 0 Å².